The van der Waals surface area contributed by atoms with Gasteiger partial charge in [0, 0.05) is 24.0 Å². The molecule has 1 aromatic heterocycles. The van der Waals surface area contributed by atoms with Gasteiger partial charge in [0.1, 0.15) is 11.5 Å². The lowest BCUT2D eigenvalue weighted by Crippen LogP contribution is -2.58. The molecule has 1 N–H and O–H groups in total. The number of nitrogens with zero attached hydrogens (tertiary/aromatic N) is 1. The predicted octanol–water partition coefficient (Wildman–Crippen LogP) is 3.81. The number of amides is 1. The van der Waals surface area contributed by atoms with Crippen molar-refractivity contribution in [3.8, 4) is 0 Å². The second-order valence-electron chi connectivity index (χ2n) is 9.71. The van der Waals surface area contributed by atoms with Crippen molar-refractivity contribution in [1.29, 1.82) is 0 Å². The number of furan rings is 1. The van der Waals surface area contributed by atoms with E-state index in [0.717, 1.165) is 57.1 Å². The van der Waals surface area contributed by atoms with Gasteiger partial charge >= 0.3 is 0 Å². The Morgan fingerprint density at radius 1 is 1.25 bits per heavy atom. The number of carbonyl (C=O) groups is 1. The highest BCUT2D eigenvalue weighted by Gasteiger charge is 2.59. The summed E-state index contributed by atoms with van der Waals surface area (Å²) in [5.74, 6) is 3.57. The highest BCUT2D eigenvalue weighted by molar-refractivity contribution is 9.10. The molecular formula is C22H31BrN2O3. The van der Waals surface area contributed by atoms with Gasteiger partial charge in [-0.1, -0.05) is 15.9 Å². The van der Waals surface area contributed by atoms with Crippen LogP contribution in [0.5, 0.6) is 0 Å². The molecule has 1 amide bonds. The molecule has 0 spiro atoms. The number of carbonyl (C=O) groups excluding carboxylic acids is 1. The molecule has 4 saturated carbocycles. The molecule has 3 atom stereocenters. The van der Waals surface area contributed by atoms with Gasteiger partial charge in [0.25, 0.3) is 0 Å². The molecule has 4 aliphatic carbocycles. The van der Waals surface area contributed by atoms with E-state index < -0.39 is 0 Å². The van der Waals surface area contributed by atoms with E-state index >= 15 is 0 Å². The van der Waals surface area contributed by atoms with Crippen molar-refractivity contribution < 1.29 is 13.9 Å². The fourth-order valence-corrected chi connectivity index (χ4v) is 8.18. The Morgan fingerprint density at radius 2 is 1.96 bits per heavy atom. The van der Waals surface area contributed by atoms with Crippen molar-refractivity contribution in [1.82, 2.24) is 10.2 Å². The predicted molar refractivity (Wildman–Crippen MR) is 110 cm³/mol. The van der Waals surface area contributed by atoms with E-state index in [1.165, 1.54) is 19.3 Å². The van der Waals surface area contributed by atoms with E-state index in [0.29, 0.717) is 18.4 Å². The number of hydrogen-bond donors (Lipinski definition) is 1. The van der Waals surface area contributed by atoms with Crippen molar-refractivity contribution in [2.45, 2.75) is 55.8 Å². The molecule has 1 saturated heterocycles. The molecule has 0 aromatic carbocycles. The quantitative estimate of drug-likeness (QED) is 0.692. The number of ether oxygens (including phenoxy) is 1. The van der Waals surface area contributed by atoms with E-state index in [4.69, 9.17) is 9.15 Å². The van der Waals surface area contributed by atoms with Crippen LogP contribution >= 0.6 is 15.9 Å². The number of morpholine rings is 1. The van der Waals surface area contributed by atoms with Gasteiger partial charge in [-0.2, -0.15) is 0 Å². The van der Waals surface area contributed by atoms with Crippen LogP contribution in [0.2, 0.25) is 0 Å². The number of aryl methyl sites for hydroxylation is 1. The third-order valence-electron chi connectivity index (χ3n) is 7.50. The summed E-state index contributed by atoms with van der Waals surface area (Å²) < 4.78 is 11.7. The van der Waals surface area contributed by atoms with Crippen LogP contribution in [-0.4, -0.2) is 48.0 Å². The molecule has 5 fully saturated rings. The summed E-state index contributed by atoms with van der Waals surface area (Å²) in [6.07, 6.45) is 6.97. The standard InChI is InChI=1S/C22H31BrN2O3/c1-15-2-3-19(28-15)18(25-4-6-27-7-5-25)13-24-20(26)21-9-16-8-17(10-21)12-22(23,11-16)14-21/h2-3,16-18H,4-14H2,1H3,(H,24,26). The Morgan fingerprint density at radius 3 is 2.57 bits per heavy atom. The van der Waals surface area contributed by atoms with Crippen LogP contribution in [0.15, 0.2) is 16.5 Å². The Hall–Kier alpha value is -0.850. The van der Waals surface area contributed by atoms with Gasteiger partial charge in [0.2, 0.25) is 5.91 Å². The number of hydrogen-bond acceptors (Lipinski definition) is 4. The molecule has 28 heavy (non-hydrogen) atoms. The molecule has 4 bridgehead atoms. The number of nitrogens with one attached hydrogen (secondary N) is 1. The average Bonchev–Trinajstić information content (AvgIpc) is 3.06. The number of alkyl halides is 1. The van der Waals surface area contributed by atoms with Gasteiger partial charge in [-0.15, -0.1) is 0 Å². The Balaban J connectivity index is 1.31. The highest BCUT2D eigenvalue weighted by atomic mass is 79.9. The minimum atomic E-state index is -0.164. The van der Waals surface area contributed by atoms with Crippen molar-refractivity contribution in [3.63, 3.8) is 0 Å². The van der Waals surface area contributed by atoms with E-state index in [2.05, 4.69) is 32.2 Å². The van der Waals surface area contributed by atoms with Gasteiger partial charge in [0.05, 0.1) is 24.7 Å². The summed E-state index contributed by atoms with van der Waals surface area (Å²) >= 11 is 4.03. The first-order valence-corrected chi connectivity index (χ1v) is 11.6. The zero-order valence-electron chi connectivity index (χ0n) is 16.7. The van der Waals surface area contributed by atoms with E-state index in [1.54, 1.807) is 0 Å². The molecular weight excluding hydrogens is 420 g/mol. The lowest BCUT2D eigenvalue weighted by molar-refractivity contribution is -0.144. The van der Waals surface area contributed by atoms with Crippen LogP contribution in [0, 0.1) is 24.2 Å². The maximum absolute atomic E-state index is 13.5. The van der Waals surface area contributed by atoms with E-state index in [9.17, 15) is 4.79 Å². The fourth-order valence-electron chi connectivity index (χ4n) is 6.72. The average molecular weight is 451 g/mol. The third kappa shape index (κ3) is 3.46. The molecule has 5 nitrogen and oxygen atoms in total. The van der Waals surface area contributed by atoms with Crippen molar-refractivity contribution >= 4 is 21.8 Å². The largest absolute Gasteiger partial charge is 0.465 e. The van der Waals surface area contributed by atoms with Crippen molar-refractivity contribution in [3.05, 3.63) is 23.7 Å². The molecule has 1 aliphatic heterocycles. The smallest absolute Gasteiger partial charge is 0.226 e. The lowest BCUT2D eigenvalue weighted by atomic mass is 9.49. The third-order valence-corrected chi connectivity index (χ3v) is 8.43. The van der Waals surface area contributed by atoms with Gasteiger partial charge in [-0.05, 0) is 69.4 Å². The van der Waals surface area contributed by atoms with Crippen LogP contribution in [0.25, 0.3) is 0 Å². The van der Waals surface area contributed by atoms with Gasteiger partial charge < -0.3 is 14.5 Å². The molecule has 0 radical (unpaired) electrons. The molecule has 6 rings (SSSR count). The first-order chi connectivity index (χ1) is 13.4. The van der Waals surface area contributed by atoms with Crippen LogP contribution in [0.4, 0.5) is 0 Å². The SMILES string of the molecule is Cc1ccc(C(CNC(=O)C23CC4CC(CC(Br)(C4)C2)C3)N2CCOCC2)o1. The summed E-state index contributed by atoms with van der Waals surface area (Å²) in [5.41, 5.74) is -0.164. The molecule has 6 heteroatoms. The van der Waals surface area contributed by atoms with Crippen molar-refractivity contribution in [2.75, 3.05) is 32.8 Å². The second-order valence-corrected chi connectivity index (χ2v) is 11.4. The lowest BCUT2D eigenvalue weighted by Gasteiger charge is -2.59. The highest BCUT2D eigenvalue weighted by Crippen LogP contribution is 2.64. The minimum Gasteiger partial charge on any atom is -0.465 e. The topological polar surface area (TPSA) is 54.7 Å². The normalized spacial score (nSPS) is 38.5. The van der Waals surface area contributed by atoms with Gasteiger partial charge in [-0.25, -0.2) is 0 Å². The second kappa shape index (κ2) is 7.13. The summed E-state index contributed by atoms with van der Waals surface area (Å²) in [6, 6.07) is 4.14. The molecule has 154 valence electrons. The Bertz CT molecular complexity index is 728. The summed E-state index contributed by atoms with van der Waals surface area (Å²) in [6.45, 7) is 5.81. The minimum absolute atomic E-state index is 0.0772. The first kappa shape index (κ1) is 19.1. The van der Waals surface area contributed by atoms with Crippen LogP contribution in [0.1, 0.15) is 56.1 Å². The number of rotatable bonds is 5. The first-order valence-electron chi connectivity index (χ1n) is 10.8. The number of halogens is 1. The summed E-state index contributed by atoms with van der Waals surface area (Å²) in [7, 11) is 0. The molecule has 1 aromatic rings. The Labute approximate surface area is 175 Å². The van der Waals surface area contributed by atoms with Crippen LogP contribution in [-0.2, 0) is 9.53 Å². The van der Waals surface area contributed by atoms with Crippen LogP contribution in [0.3, 0.4) is 0 Å². The van der Waals surface area contributed by atoms with Crippen LogP contribution < -0.4 is 5.32 Å². The molecule has 3 unspecified atom stereocenters. The Kier molecular flexibility index (Phi) is 4.88. The molecule has 5 aliphatic rings. The van der Waals surface area contributed by atoms with Gasteiger partial charge in [-0.3, -0.25) is 9.69 Å². The monoisotopic (exact) mass is 450 g/mol. The van der Waals surface area contributed by atoms with Gasteiger partial charge in [0.15, 0.2) is 0 Å². The summed E-state index contributed by atoms with van der Waals surface area (Å²) in [5, 5.41) is 3.36. The van der Waals surface area contributed by atoms with E-state index in [-0.39, 0.29) is 21.7 Å². The fraction of sp³-hybridized carbons (Fsp3) is 0.773. The summed E-state index contributed by atoms with van der Waals surface area (Å²) in [4.78, 5) is 15.8. The van der Waals surface area contributed by atoms with Crippen molar-refractivity contribution in [2.24, 2.45) is 17.3 Å². The maximum Gasteiger partial charge on any atom is 0.226 e. The maximum atomic E-state index is 13.5. The molecule has 2 heterocycles. The zero-order valence-corrected chi connectivity index (χ0v) is 18.3. The zero-order chi connectivity index (χ0) is 19.4. The van der Waals surface area contributed by atoms with E-state index in [1.807, 2.05) is 13.0 Å².